The zero-order chi connectivity index (χ0) is 27.4. The van der Waals surface area contributed by atoms with Gasteiger partial charge in [0.2, 0.25) is 0 Å². The molecule has 0 amide bonds. The fourth-order valence-corrected chi connectivity index (χ4v) is 10.7. The highest BCUT2D eigenvalue weighted by Gasteiger charge is 2.37. The van der Waals surface area contributed by atoms with Crippen molar-refractivity contribution in [3.05, 3.63) is 158 Å². The molecule has 0 spiro atoms. The third-order valence-electron chi connectivity index (χ3n) is 6.95. The van der Waals surface area contributed by atoms with Gasteiger partial charge in [-0.2, -0.15) is 0 Å². The van der Waals surface area contributed by atoms with Crippen LogP contribution < -0.4 is 31.8 Å². The molecule has 6 heteroatoms. The average Bonchev–Trinajstić information content (AvgIpc) is 3.05. The molecule has 0 unspecified atom stereocenters. The standard InChI is InChI=1S/C34H26N2O2P2/c37-39(27-15-5-1-6-16-27,28-17-7-2-8-18-28)31-23-13-25-35-33(31)34-32(24-14-26-36-34)40(38,29-19-9-3-10-20-29)30-21-11-4-12-22-30/h1-26H. The first-order valence-corrected chi connectivity index (χ1v) is 16.4. The van der Waals surface area contributed by atoms with Crippen LogP contribution in [0.5, 0.6) is 0 Å². The van der Waals surface area contributed by atoms with Crippen molar-refractivity contribution in [3.8, 4) is 11.4 Å². The second-order valence-electron chi connectivity index (χ2n) is 9.30. The highest BCUT2D eigenvalue weighted by molar-refractivity contribution is 7.86. The Morgan fingerprint density at radius 3 is 0.900 bits per heavy atom. The van der Waals surface area contributed by atoms with E-state index >= 15 is 9.13 Å². The van der Waals surface area contributed by atoms with Crippen molar-refractivity contribution < 1.29 is 9.13 Å². The van der Waals surface area contributed by atoms with Gasteiger partial charge in [-0.05, 0) is 24.3 Å². The predicted octanol–water partition coefficient (Wildman–Crippen LogP) is 5.42. The molecule has 0 atom stereocenters. The summed E-state index contributed by atoms with van der Waals surface area (Å²) in [5, 5.41) is 3.90. The minimum atomic E-state index is -3.39. The number of hydrogen-bond donors (Lipinski definition) is 0. The molecule has 0 aliphatic heterocycles. The summed E-state index contributed by atoms with van der Waals surface area (Å²) in [7, 11) is -6.78. The van der Waals surface area contributed by atoms with E-state index in [0.29, 0.717) is 43.2 Å². The predicted molar refractivity (Wildman–Crippen MR) is 166 cm³/mol. The van der Waals surface area contributed by atoms with Gasteiger partial charge in [0.1, 0.15) is 11.4 Å². The molecule has 0 radical (unpaired) electrons. The molecule has 0 aliphatic rings. The van der Waals surface area contributed by atoms with Crippen LogP contribution in [0.25, 0.3) is 11.4 Å². The van der Waals surface area contributed by atoms with Crippen LogP contribution in [0.1, 0.15) is 0 Å². The van der Waals surface area contributed by atoms with E-state index in [0.717, 1.165) is 0 Å². The maximum Gasteiger partial charge on any atom is 0.173 e. The van der Waals surface area contributed by atoms with Gasteiger partial charge < -0.3 is 9.13 Å². The molecule has 0 N–H and O–H groups in total. The summed E-state index contributed by atoms with van der Waals surface area (Å²) in [6.07, 6.45) is 3.35. The molecule has 4 nitrogen and oxygen atoms in total. The van der Waals surface area contributed by atoms with Crippen molar-refractivity contribution in [3.63, 3.8) is 0 Å². The fourth-order valence-electron chi connectivity index (χ4n) is 5.07. The van der Waals surface area contributed by atoms with Crippen molar-refractivity contribution in [1.82, 2.24) is 9.97 Å². The Kier molecular flexibility index (Phi) is 7.13. The SMILES string of the molecule is O=P(c1ccccc1)(c1ccccc1)c1cccnc1-c1ncccc1P(=O)(c1ccccc1)c1ccccc1. The molecule has 194 valence electrons. The Morgan fingerprint density at radius 2 is 0.625 bits per heavy atom. The van der Waals surface area contributed by atoms with Gasteiger partial charge in [-0.1, -0.05) is 121 Å². The summed E-state index contributed by atoms with van der Waals surface area (Å²) in [6.45, 7) is 0. The molecular weight excluding hydrogens is 530 g/mol. The Labute approximate surface area is 234 Å². The lowest BCUT2D eigenvalue weighted by Gasteiger charge is -2.25. The molecule has 0 fully saturated rings. The molecule has 0 saturated heterocycles. The van der Waals surface area contributed by atoms with Crippen LogP contribution in [0.4, 0.5) is 0 Å². The minimum absolute atomic E-state index is 0.459. The van der Waals surface area contributed by atoms with Crippen molar-refractivity contribution in [2.24, 2.45) is 0 Å². The van der Waals surface area contributed by atoms with Gasteiger partial charge in [0.05, 0.1) is 0 Å². The van der Waals surface area contributed by atoms with Crippen molar-refractivity contribution in [1.29, 1.82) is 0 Å². The van der Waals surface area contributed by atoms with Crippen LogP contribution in [0.2, 0.25) is 0 Å². The Hall–Kier alpha value is -4.36. The van der Waals surface area contributed by atoms with Gasteiger partial charge in [0.15, 0.2) is 14.3 Å². The van der Waals surface area contributed by atoms with Crippen molar-refractivity contribution >= 4 is 46.1 Å². The molecule has 6 aromatic rings. The molecule has 4 aromatic carbocycles. The van der Waals surface area contributed by atoms with Crippen LogP contribution in [0.15, 0.2) is 158 Å². The number of rotatable bonds is 7. The van der Waals surface area contributed by atoms with Gasteiger partial charge in [0.25, 0.3) is 0 Å². The van der Waals surface area contributed by atoms with Crippen LogP contribution in [-0.2, 0) is 9.13 Å². The van der Waals surface area contributed by atoms with Crippen LogP contribution in [0, 0.1) is 0 Å². The number of nitrogens with zero attached hydrogens (tertiary/aromatic N) is 2. The smallest absolute Gasteiger partial charge is 0.173 e. The van der Waals surface area contributed by atoms with Crippen LogP contribution in [-0.4, -0.2) is 9.97 Å². The Morgan fingerprint density at radius 1 is 0.350 bits per heavy atom. The Balaban J connectivity index is 1.66. The van der Waals surface area contributed by atoms with Gasteiger partial charge in [-0.15, -0.1) is 0 Å². The lowest BCUT2D eigenvalue weighted by molar-refractivity contribution is 0.591. The van der Waals surface area contributed by atoms with Gasteiger partial charge in [-0.3, -0.25) is 9.97 Å². The van der Waals surface area contributed by atoms with E-state index < -0.39 is 14.3 Å². The highest BCUT2D eigenvalue weighted by Crippen LogP contribution is 2.47. The number of aromatic nitrogens is 2. The van der Waals surface area contributed by atoms with Crippen LogP contribution in [0.3, 0.4) is 0 Å². The van der Waals surface area contributed by atoms with E-state index in [-0.39, 0.29) is 0 Å². The lowest BCUT2D eigenvalue weighted by atomic mass is 10.2. The summed E-state index contributed by atoms with van der Waals surface area (Å²) in [5.74, 6) is 0. The second kappa shape index (κ2) is 11.0. The second-order valence-corrected chi connectivity index (χ2v) is 14.8. The maximum atomic E-state index is 15.4. The molecule has 40 heavy (non-hydrogen) atoms. The molecule has 0 bridgehead atoms. The van der Waals surface area contributed by atoms with Crippen molar-refractivity contribution in [2.75, 3.05) is 0 Å². The summed E-state index contributed by atoms with van der Waals surface area (Å²) < 4.78 is 30.8. The largest absolute Gasteiger partial charge is 0.309 e. The lowest BCUT2D eigenvalue weighted by Crippen LogP contribution is -2.30. The molecule has 6 rings (SSSR count). The monoisotopic (exact) mass is 556 g/mol. The first kappa shape index (κ1) is 25.9. The maximum absolute atomic E-state index is 15.4. The summed E-state index contributed by atoms with van der Waals surface area (Å²) >= 11 is 0. The molecular formula is C34H26N2O2P2. The number of hydrogen-bond acceptors (Lipinski definition) is 4. The fraction of sp³-hybridized carbons (Fsp3) is 0. The average molecular weight is 557 g/mol. The molecule has 2 heterocycles. The zero-order valence-corrected chi connectivity index (χ0v) is 23.4. The third kappa shape index (κ3) is 4.46. The van der Waals surface area contributed by atoms with Gasteiger partial charge in [-0.25, -0.2) is 0 Å². The van der Waals surface area contributed by atoms with E-state index in [1.54, 1.807) is 24.5 Å². The summed E-state index contributed by atoms with van der Waals surface area (Å²) in [5.41, 5.74) is 0.919. The van der Waals surface area contributed by atoms with E-state index in [2.05, 4.69) is 0 Å². The number of pyridine rings is 2. The first-order valence-electron chi connectivity index (χ1n) is 13.0. The molecule has 2 aromatic heterocycles. The first-order chi connectivity index (χ1) is 19.6. The van der Waals surface area contributed by atoms with Crippen LogP contribution >= 0.6 is 14.3 Å². The third-order valence-corrected chi connectivity index (χ3v) is 13.1. The van der Waals surface area contributed by atoms with Gasteiger partial charge in [0, 0.05) is 44.2 Å². The normalized spacial score (nSPS) is 11.7. The van der Waals surface area contributed by atoms with Gasteiger partial charge >= 0.3 is 0 Å². The van der Waals surface area contributed by atoms with E-state index in [1.165, 1.54) is 0 Å². The summed E-state index contributed by atoms with van der Waals surface area (Å²) in [4.78, 5) is 9.54. The quantitative estimate of drug-likeness (QED) is 0.247. The van der Waals surface area contributed by atoms with Crippen molar-refractivity contribution in [2.45, 2.75) is 0 Å². The number of benzene rings is 4. The van der Waals surface area contributed by atoms with E-state index in [9.17, 15) is 0 Å². The van der Waals surface area contributed by atoms with E-state index in [1.807, 2.05) is 133 Å². The minimum Gasteiger partial charge on any atom is -0.309 e. The highest BCUT2D eigenvalue weighted by atomic mass is 31.2. The summed E-state index contributed by atoms with van der Waals surface area (Å²) in [6, 6.07) is 45.3. The Bertz CT molecular complexity index is 1620. The van der Waals surface area contributed by atoms with E-state index in [4.69, 9.17) is 9.97 Å². The molecule has 0 saturated carbocycles. The molecule has 0 aliphatic carbocycles. The zero-order valence-electron chi connectivity index (χ0n) is 21.6. The topological polar surface area (TPSA) is 59.9 Å².